The van der Waals surface area contributed by atoms with Crippen LogP contribution in [0.25, 0.3) is 0 Å². The van der Waals surface area contributed by atoms with Crippen molar-refractivity contribution in [2.75, 3.05) is 13.2 Å². The van der Waals surface area contributed by atoms with Gasteiger partial charge in [0.05, 0.1) is 0 Å². The first-order valence-electron chi connectivity index (χ1n) is 31.7. The van der Waals surface area contributed by atoms with Crippen molar-refractivity contribution in [3.05, 3.63) is 134 Å². The van der Waals surface area contributed by atoms with Crippen molar-refractivity contribution in [2.24, 2.45) is 0 Å². The van der Waals surface area contributed by atoms with Gasteiger partial charge in [0.2, 0.25) is 0 Å². The number of carbonyl (C=O) groups is 3. The van der Waals surface area contributed by atoms with Gasteiger partial charge in [0.1, 0.15) is 13.2 Å². The van der Waals surface area contributed by atoms with Crippen molar-refractivity contribution < 1.29 is 28.6 Å². The highest BCUT2D eigenvalue weighted by Crippen LogP contribution is 2.14. The van der Waals surface area contributed by atoms with Crippen LogP contribution in [-0.2, 0) is 28.6 Å². The van der Waals surface area contributed by atoms with Crippen LogP contribution < -0.4 is 0 Å². The first kappa shape index (κ1) is 72.5. The van der Waals surface area contributed by atoms with Crippen LogP contribution in [0.4, 0.5) is 0 Å². The van der Waals surface area contributed by atoms with E-state index < -0.39 is 6.10 Å². The molecule has 1 atom stereocenters. The minimum absolute atomic E-state index is 0.0929. The normalized spacial score (nSPS) is 13.0. The van der Waals surface area contributed by atoms with Gasteiger partial charge < -0.3 is 14.2 Å². The van der Waals surface area contributed by atoms with E-state index in [-0.39, 0.29) is 31.1 Å². The Kier molecular flexibility index (Phi) is 60.4. The Balaban J connectivity index is 4.25. The maximum absolute atomic E-state index is 12.9. The van der Waals surface area contributed by atoms with E-state index in [0.29, 0.717) is 19.3 Å². The van der Waals surface area contributed by atoms with Crippen LogP contribution >= 0.6 is 0 Å². The molecule has 0 aromatic carbocycles. The number of hydrogen-bond donors (Lipinski definition) is 0. The van der Waals surface area contributed by atoms with Gasteiger partial charge >= 0.3 is 17.9 Å². The van der Waals surface area contributed by atoms with Gasteiger partial charge in [-0.05, 0) is 135 Å². The summed E-state index contributed by atoms with van der Waals surface area (Å²) in [5.41, 5.74) is 0. The second-order valence-electron chi connectivity index (χ2n) is 20.6. The van der Waals surface area contributed by atoms with Crippen LogP contribution in [0.3, 0.4) is 0 Å². The highest BCUT2D eigenvalue weighted by molar-refractivity contribution is 5.71. The molecule has 1 unspecified atom stereocenters. The lowest BCUT2D eigenvalue weighted by Crippen LogP contribution is -2.30. The average Bonchev–Trinajstić information content (AvgIpc) is 3.43. The van der Waals surface area contributed by atoms with Crippen LogP contribution in [0, 0.1) is 0 Å². The quantitative estimate of drug-likeness (QED) is 0.0261. The van der Waals surface area contributed by atoms with Crippen LogP contribution in [0.2, 0.25) is 0 Å². The molecule has 0 rings (SSSR count). The maximum Gasteiger partial charge on any atom is 0.306 e. The molecule has 0 N–H and O–H groups in total. The van der Waals surface area contributed by atoms with E-state index in [0.717, 1.165) is 154 Å². The van der Waals surface area contributed by atoms with Crippen LogP contribution in [0.1, 0.15) is 278 Å². The summed E-state index contributed by atoms with van der Waals surface area (Å²) in [4.78, 5) is 38.2. The summed E-state index contributed by atoms with van der Waals surface area (Å²) in [7, 11) is 0. The average molecular weight is 1070 g/mol. The third kappa shape index (κ3) is 62.3. The Morgan fingerprint density at radius 2 is 0.519 bits per heavy atom. The van der Waals surface area contributed by atoms with Crippen molar-refractivity contribution in [1.82, 2.24) is 0 Å². The molecule has 0 saturated carbocycles. The highest BCUT2D eigenvalue weighted by Gasteiger charge is 2.19. The fourth-order valence-corrected chi connectivity index (χ4v) is 8.35. The Morgan fingerprint density at radius 1 is 0.273 bits per heavy atom. The summed E-state index contributed by atoms with van der Waals surface area (Å²) in [5, 5.41) is 0. The zero-order chi connectivity index (χ0) is 55.7. The van der Waals surface area contributed by atoms with Crippen molar-refractivity contribution >= 4 is 17.9 Å². The number of esters is 3. The zero-order valence-corrected chi connectivity index (χ0v) is 49.9. The molecule has 0 radical (unpaired) electrons. The molecule has 0 spiro atoms. The highest BCUT2D eigenvalue weighted by atomic mass is 16.6. The summed E-state index contributed by atoms with van der Waals surface area (Å²) in [5.74, 6) is -0.925. The smallest absolute Gasteiger partial charge is 0.306 e. The summed E-state index contributed by atoms with van der Waals surface area (Å²) in [6.45, 7) is 6.43. The number of hydrogen-bond acceptors (Lipinski definition) is 6. The van der Waals surface area contributed by atoms with Crippen LogP contribution in [0.15, 0.2) is 134 Å². The molecular weight excluding hydrogens is 949 g/mol. The van der Waals surface area contributed by atoms with Gasteiger partial charge in [-0.25, -0.2) is 0 Å². The third-order valence-corrected chi connectivity index (χ3v) is 13.1. The van der Waals surface area contributed by atoms with Gasteiger partial charge in [-0.15, -0.1) is 0 Å². The monoisotopic (exact) mass is 1060 g/mol. The Morgan fingerprint density at radius 3 is 0.844 bits per heavy atom. The number of ether oxygens (including phenoxy) is 3. The molecule has 0 aliphatic carbocycles. The SMILES string of the molecule is CC/C=C\C/C=C\C/C=C\C/C=C\C/C=C\C/C=C\C/C=C\C/C=C\CCCCCCCCCCC(=O)OCC(COC(=O)CCCCCCC/C=C\CCCC)OC(=O)CCCCCCC/C=C\C/C=C\CCCCC. The lowest BCUT2D eigenvalue weighted by molar-refractivity contribution is -0.167. The lowest BCUT2D eigenvalue weighted by atomic mass is 10.1. The van der Waals surface area contributed by atoms with E-state index in [1.54, 1.807) is 0 Å². The van der Waals surface area contributed by atoms with E-state index >= 15 is 0 Å². The first-order chi connectivity index (χ1) is 38.0. The van der Waals surface area contributed by atoms with Gasteiger partial charge in [-0.2, -0.15) is 0 Å². The number of carbonyl (C=O) groups excluding carboxylic acids is 3. The van der Waals surface area contributed by atoms with Crippen LogP contribution in [-0.4, -0.2) is 37.2 Å². The fraction of sp³-hybridized carbons (Fsp3) is 0.648. The minimum atomic E-state index is -0.796. The summed E-state index contributed by atoms with van der Waals surface area (Å²) < 4.78 is 16.8. The van der Waals surface area contributed by atoms with Gasteiger partial charge in [-0.3, -0.25) is 14.4 Å². The first-order valence-corrected chi connectivity index (χ1v) is 31.7. The number of unbranched alkanes of at least 4 members (excludes halogenated alkanes) is 23. The van der Waals surface area contributed by atoms with E-state index in [1.807, 2.05) is 0 Å². The topological polar surface area (TPSA) is 78.9 Å². The Hall–Kier alpha value is -4.45. The van der Waals surface area contributed by atoms with Gasteiger partial charge in [0.25, 0.3) is 0 Å². The summed E-state index contributed by atoms with van der Waals surface area (Å²) in [6, 6.07) is 0. The predicted molar refractivity (Wildman–Crippen MR) is 334 cm³/mol. The summed E-state index contributed by atoms with van der Waals surface area (Å²) in [6.07, 6.45) is 90.3. The van der Waals surface area contributed by atoms with Crippen molar-refractivity contribution in [3.8, 4) is 0 Å². The standard InChI is InChI=1S/C71H116O6/c1-4-7-10-13-16-19-22-24-26-27-28-29-30-31-32-33-34-35-36-37-38-39-40-41-42-43-45-46-49-52-55-58-61-64-70(73)76-67-68(66-75-69(72)63-60-57-54-51-48-21-18-15-12-9-6-3)77-71(74)65-62-59-56-53-50-47-44-25-23-20-17-14-11-8-5-2/h7,10,15-20,24-26,28-29,31-32,34-35,37-38,40-41,44,68H,4-6,8-9,11-14,21-23,27,30,33,36,39,42-43,45-67H2,1-3H3/b10-7-,18-15-,19-16-,20-17-,26-24-,29-28-,32-31-,35-34-,38-37-,41-40-,44-25-. The van der Waals surface area contributed by atoms with Gasteiger partial charge in [0.15, 0.2) is 6.10 Å². The fourth-order valence-electron chi connectivity index (χ4n) is 8.35. The largest absolute Gasteiger partial charge is 0.462 e. The van der Waals surface area contributed by atoms with E-state index in [4.69, 9.17) is 14.2 Å². The molecule has 6 nitrogen and oxygen atoms in total. The second-order valence-corrected chi connectivity index (χ2v) is 20.6. The lowest BCUT2D eigenvalue weighted by Gasteiger charge is -2.18. The third-order valence-electron chi connectivity index (χ3n) is 13.1. The molecule has 0 heterocycles. The molecule has 0 aliphatic rings. The van der Waals surface area contributed by atoms with Gasteiger partial charge in [-0.1, -0.05) is 257 Å². The molecule has 0 saturated heterocycles. The minimum Gasteiger partial charge on any atom is -0.462 e. The Labute approximate surface area is 475 Å². The molecule has 77 heavy (non-hydrogen) atoms. The second kappa shape index (κ2) is 64.1. The molecule has 6 heteroatoms. The van der Waals surface area contributed by atoms with Crippen LogP contribution in [0.5, 0.6) is 0 Å². The molecule has 0 amide bonds. The summed E-state index contributed by atoms with van der Waals surface area (Å²) >= 11 is 0. The molecule has 436 valence electrons. The van der Waals surface area contributed by atoms with E-state index in [2.05, 4.69) is 154 Å². The van der Waals surface area contributed by atoms with Gasteiger partial charge in [0, 0.05) is 19.3 Å². The van der Waals surface area contributed by atoms with E-state index in [1.165, 1.54) is 83.5 Å². The number of rotatable bonds is 56. The number of allylic oxidation sites excluding steroid dienone is 22. The van der Waals surface area contributed by atoms with Crippen molar-refractivity contribution in [2.45, 2.75) is 284 Å². The molecule has 0 fully saturated rings. The Bertz CT molecular complexity index is 1650. The molecule has 0 aromatic rings. The molecule has 0 bridgehead atoms. The van der Waals surface area contributed by atoms with Crippen molar-refractivity contribution in [3.63, 3.8) is 0 Å². The predicted octanol–water partition coefficient (Wildman–Crippen LogP) is 21.8. The maximum atomic E-state index is 12.9. The molecule has 0 aromatic heterocycles. The molecular formula is C71H116O6. The molecule has 0 aliphatic heterocycles. The zero-order valence-electron chi connectivity index (χ0n) is 49.9. The van der Waals surface area contributed by atoms with Crippen molar-refractivity contribution in [1.29, 1.82) is 0 Å². The van der Waals surface area contributed by atoms with E-state index in [9.17, 15) is 14.4 Å².